The summed E-state index contributed by atoms with van der Waals surface area (Å²) in [7, 11) is 0. The predicted molar refractivity (Wildman–Crippen MR) is 48.6 cm³/mol. The topological polar surface area (TPSA) is 32.9 Å². The van der Waals surface area contributed by atoms with E-state index < -0.39 is 0 Å². The molecule has 1 N–H and O–H groups in total. The van der Waals surface area contributed by atoms with Crippen LogP contribution in [0.25, 0.3) is 0 Å². The van der Waals surface area contributed by atoms with E-state index in [4.69, 9.17) is 11.6 Å². The zero-order chi connectivity index (χ0) is 8.55. The van der Waals surface area contributed by atoms with Crippen molar-refractivity contribution in [2.75, 3.05) is 0 Å². The summed E-state index contributed by atoms with van der Waals surface area (Å²) in [6.45, 7) is 0. The van der Waals surface area contributed by atoms with E-state index in [1.54, 1.807) is 12.1 Å². The van der Waals surface area contributed by atoms with Gasteiger partial charge in [-0.25, -0.2) is 0 Å². The quantitative estimate of drug-likeness (QED) is 0.699. The van der Waals surface area contributed by atoms with Crippen molar-refractivity contribution in [3.05, 3.63) is 33.7 Å². The molecule has 0 amide bonds. The highest BCUT2D eigenvalue weighted by molar-refractivity contribution is 6.16. The second-order valence-electron chi connectivity index (χ2n) is 3.20. The number of pyridine rings is 1. The summed E-state index contributed by atoms with van der Waals surface area (Å²) in [6, 6.07) is 3.23. The third kappa shape index (κ3) is 1.53. The van der Waals surface area contributed by atoms with Crippen molar-refractivity contribution in [1.82, 2.24) is 4.98 Å². The van der Waals surface area contributed by atoms with Gasteiger partial charge in [-0.3, -0.25) is 4.79 Å². The summed E-state index contributed by atoms with van der Waals surface area (Å²) < 4.78 is 0. The summed E-state index contributed by atoms with van der Waals surface area (Å²) in [5.41, 5.74) is 1.94. The van der Waals surface area contributed by atoms with Crippen LogP contribution in [0.1, 0.15) is 30.1 Å². The van der Waals surface area contributed by atoms with E-state index >= 15 is 0 Å². The summed E-state index contributed by atoms with van der Waals surface area (Å²) in [4.78, 5) is 14.3. The normalized spacial score (nSPS) is 16.4. The lowest BCUT2D eigenvalue weighted by atomic mass is 10.2. The first-order valence-electron chi connectivity index (χ1n) is 4.08. The molecule has 1 aromatic rings. The van der Waals surface area contributed by atoms with Crippen molar-refractivity contribution < 1.29 is 0 Å². The maximum absolute atomic E-state index is 11.1. The van der Waals surface area contributed by atoms with Gasteiger partial charge in [0.2, 0.25) is 0 Å². The number of hydrogen-bond acceptors (Lipinski definition) is 1. The Kier molecular flexibility index (Phi) is 1.93. The lowest BCUT2D eigenvalue weighted by Gasteiger charge is -2.00. The largest absolute Gasteiger partial charge is 0.361 e. The van der Waals surface area contributed by atoms with Crippen molar-refractivity contribution in [1.29, 1.82) is 0 Å². The Hall–Kier alpha value is -0.760. The molecule has 0 saturated heterocycles. The molecule has 1 aliphatic carbocycles. The second kappa shape index (κ2) is 2.94. The van der Waals surface area contributed by atoms with Gasteiger partial charge in [0.1, 0.15) is 0 Å². The Morgan fingerprint density at radius 2 is 2.25 bits per heavy atom. The molecule has 0 unspecified atom stereocenters. The van der Waals surface area contributed by atoms with Crippen LogP contribution in [0.2, 0.25) is 0 Å². The van der Waals surface area contributed by atoms with Gasteiger partial charge in [-0.1, -0.05) is 0 Å². The van der Waals surface area contributed by atoms with E-state index in [1.807, 2.05) is 0 Å². The van der Waals surface area contributed by atoms with E-state index in [2.05, 4.69) is 4.98 Å². The van der Waals surface area contributed by atoms with Gasteiger partial charge >= 0.3 is 0 Å². The molecular formula is C9H10ClNO. The van der Waals surface area contributed by atoms with Crippen molar-refractivity contribution >= 4 is 11.6 Å². The van der Waals surface area contributed by atoms with E-state index in [9.17, 15) is 4.79 Å². The Morgan fingerprint density at radius 1 is 1.50 bits per heavy atom. The Balaban J connectivity index is 2.41. The monoisotopic (exact) mass is 183 g/mol. The molecular weight excluding hydrogens is 174 g/mol. The van der Waals surface area contributed by atoms with Gasteiger partial charge in [-0.15, -0.1) is 11.6 Å². The van der Waals surface area contributed by atoms with Crippen LogP contribution in [-0.2, 0) is 5.88 Å². The molecule has 2 nitrogen and oxygen atoms in total. The number of alkyl halides is 1. The number of halogens is 1. The lowest BCUT2D eigenvalue weighted by Crippen LogP contribution is -2.04. The molecule has 0 aromatic carbocycles. The average molecular weight is 184 g/mol. The smallest absolute Gasteiger partial charge is 0.182 e. The van der Waals surface area contributed by atoms with Crippen molar-refractivity contribution in [3.8, 4) is 0 Å². The lowest BCUT2D eigenvalue weighted by molar-refractivity contribution is 0.980. The summed E-state index contributed by atoms with van der Waals surface area (Å²) >= 11 is 5.63. The molecule has 64 valence electrons. The van der Waals surface area contributed by atoms with E-state index in [0.717, 1.165) is 11.4 Å². The van der Waals surface area contributed by atoms with Gasteiger partial charge in [0, 0.05) is 23.5 Å². The molecule has 0 radical (unpaired) electrons. The zero-order valence-corrected chi connectivity index (χ0v) is 7.40. The second-order valence-corrected chi connectivity index (χ2v) is 3.47. The third-order valence-electron chi connectivity index (χ3n) is 2.08. The molecule has 0 bridgehead atoms. The minimum absolute atomic E-state index is 0.0614. The van der Waals surface area contributed by atoms with Crippen LogP contribution in [0.5, 0.6) is 0 Å². The van der Waals surface area contributed by atoms with Crippen LogP contribution >= 0.6 is 11.6 Å². The molecule has 1 aliphatic rings. The first-order valence-corrected chi connectivity index (χ1v) is 4.62. The minimum atomic E-state index is 0.0614. The van der Waals surface area contributed by atoms with Gasteiger partial charge in [-0.2, -0.15) is 0 Å². The molecule has 1 heterocycles. The maximum atomic E-state index is 11.1. The number of aromatic amines is 1. The third-order valence-corrected chi connectivity index (χ3v) is 2.37. The predicted octanol–water partition coefficient (Wildman–Crippen LogP) is 1.99. The molecule has 2 rings (SSSR count). The summed E-state index contributed by atoms with van der Waals surface area (Å²) in [6.07, 6.45) is 2.39. The standard InChI is InChI=1S/C9H10ClNO/c10-5-7-3-8(12)4-9(11-7)6-1-2-6/h3-4,6H,1-2,5H2,(H,11,12). The van der Waals surface area contributed by atoms with E-state index in [1.165, 1.54) is 12.8 Å². The number of hydrogen-bond donors (Lipinski definition) is 1. The highest BCUT2D eigenvalue weighted by atomic mass is 35.5. The zero-order valence-electron chi connectivity index (χ0n) is 6.64. The molecule has 0 spiro atoms. The van der Waals surface area contributed by atoms with Gasteiger partial charge in [0.05, 0.1) is 5.88 Å². The number of H-pyrrole nitrogens is 1. The highest BCUT2D eigenvalue weighted by Crippen LogP contribution is 2.38. The fourth-order valence-electron chi connectivity index (χ4n) is 1.31. The fraction of sp³-hybridized carbons (Fsp3) is 0.444. The Morgan fingerprint density at radius 3 is 2.83 bits per heavy atom. The molecule has 12 heavy (non-hydrogen) atoms. The van der Waals surface area contributed by atoms with Crippen molar-refractivity contribution in [2.24, 2.45) is 0 Å². The SMILES string of the molecule is O=c1cc(CCl)[nH]c(C2CC2)c1. The fourth-order valence-corrected chi connectivity index (χ4v) is 1.45. The Bertz CT molecular complexity index is 341. The van der Waals surface area contributed by atoms with Gasteiger partial charge in [0.25, 0.3) is 0 Å². The highest BCUT2D eigenvalue weighted by Gasteiger charge is 2.24. The first-order chi connectivity index (χ1) is 5.79. The van der Waals surface area contributed by atoms with Crippen molar-refractivity contribution in [3.63, 3.8) is 0 Å². The van der Waals surface area contributed by atoms with Crippen molar-refractivity contribution in [2.45, 2.75) is 24.6 Å². The molecule has 0 atom stereocenters. The summed E-state index contributed by atoms with van der Waals surface area (Å²) in [5, 5.41) is 0. The van der Waals surface area contributed by atoms with Gasteiger partial charge in [0.15, 0.2) is 5.43 Å². The molecule has 1 aromatic heterocycles. The molecule has 0 aliphatic heterocycles. The van der Waals surface area contributed by atoms with E-state index in [-0.39, 0.29) is 5.43 Å². The molecule has 1 fully saturated rings. The maximum Gasteiger partial charge on any atom is 0.182 e. The summed E-state index contributed by atoms with van der Waals surface area (Å²) in [5.74, 6) is 0.969. The van der Waals surface area contributed by atoms with Crippen LogP contribution in [-0.4, -0.2) is 4.98 Å². The number of rotatable bonds is 2. The van der Waals surface area contributed by atoms with Gasteiger partial charge in [-0.05, 0) is 18.8 Å². The van der Waals surface area contributed by atoms with Crippen LogP contribution in [0.3, 0.4) is 0 Å². The minimum Gasteiger partial charge on any atom is -0.361 e. The van der Waals surface area contributed by atoms with Crippen LogP contribution in [0, 0.1) is 0 Å². The first kappa shape index (κ1) is 7.87. The molecule has 3 heteroatoms. The number of aromatic nitrogens is 1. The van der Waals surface area contributed by atoms with Crippen LogP contribution < -0.4 is 5.43 Å². The Labute approximate surface area is 75.6 Å². The average Bonchev–Trinajstić information content (AvgIpc) is 2.85. The van der Waals surface area contributed by atoms with E-state index in [0.29, 0.717) is 11.8 Å². The van der Waals surface area contributed by atoms with Crippen LogP contribution in [0.15, 0.2) is 16.9 Å². The number of nitrogens with one attached hydrogen (secondary N) is 1. The van der Waals surface area contributed by atoms with Gasteiger partial charge < -0.3 is 4.98 Å². The molecule has 1 saturated carbocycles. The van der Waals surface area contributed by atoms with Crippen LogP contribution in [0.4, 0.5) is 0 Å².